The van der Waals surface area contributed by atoms with Gasteiger partial charge in [-0.25, -0.2) is 4.79 Å². The van der Waals surface area contributed by atoms with Crippen molar-refractivity contribution in [3.8, 4) is 0 Å². The van der Waals surface area contributed by atoms with Crippen LogP contribution < -0.4 is 15.5 Å². The highest BCUT2D eigenvalue weighted by Gasteiger charge is 2.17. The standard InChI is InChI=1S/C17H18N4O5/c1-18-15-9-8-13(21(24)25)10-14(15)16(22)19-11-4-6-12(7-5-11)20(2)17(23)26-3/h4-10,18H,1-3H3,(H,19,22). The second kappa shape index (κ2) is 7.97. The van der Waals surface area contributed by atoms with Gasteiger partial charge in [0.2, 0.25) is 0 Å². The molecule has 0 aliphatic carbocycles. The third kappa shape index (κ3) is 4.07. The van der Waals surface area contributed by atoms with Gasteiger partial charge in [0.1, 0.15) is 0 Å². The molecule has 0 atom stereocenters. The van der Waals surface area contributed by atoms with Crippen LogP contribution in [-0.2, 0) is 4.74 Å². The van der Waals surface area contributed by atoms with Crippen LogP contribution in [0.25, 0.3) is 0 Å². The van der Waals surface area contributed by atoms with E-state index in [4.69, 9.17) is 0 Å². The van der Waals surface area contributed by atoms with E-state index in [9.17, 15) is 19.7 Å². The molecule has 26 heavy (non-hydrogen) atoms. The van der Waals surface area contributed by atoms with E-state index in [0.717, 1.165) is 0 Å². The van der Waals surface area contributed by atoms with Crippen LogP contribution in [0.2, 0.25) is 0 Å². The summed E-state index contributed by atoms with van der Waals surface area (Å²) in [4.78, 5) is 35.6. The summed E-state index contributed by atoms with van der Waals surface area (Å²) in [6, 6.07) is 10.5. The molecule has 2 N–H and O–H groups in total. The maximum Gasteiger partial charge on any atom is 0.413 e. The van der Waals surface area contributed by atoms with Crippen molar-refractivity contribution >= 4 is 34.7 Å². The Balaban J connectivity index is 2.21. The minimum Gasteiger partial charge on any atom is -0.452 e. The van der Waals surface area contributed by atoms with E-state index in [2.05, 4.69) is 15.4 Å². The highest BCUT2D eigenvalue weighted by atomic mass is 16.6. The zero-order chi connectivity index (χ0) is 19.3. The van der Waals surface area contributed by atoms with Gasteiger partial charge in [-0.1, -0.05) is 0 Å². The Morgan fingerprint density at radius 3 is 2.35 bits per heavy atom. The van der Waals surface area contributed by atoms with Gasteiger partial charge in [0.15, 0.2) is 0 Å². The molecular weight excluding hydrogens is 340 g/mol. The second-order valence-electron chi connectivity index (χ2n) is 5.27. The predicted molar refractivity (Wildman–Crippen MR) is 97.8 cm³/mol. The molecule has 0 bridgehead atoms. The summed E-state index contributed by atoms with van der Waals surface area (Å²) >= 11 is 0. The number of anilines is 3. The molecule has 0 saturated heterocycles. The lowest BCUT2D eigenvalue weighted by Crippen LogP contribution is -2.25. The Labute approximate surface area is 149 Å². The van der Waals surface area contributed by atoms with Crippen LogP contribution >= 0.6 is 0 Å². The van der Waals surface area contributed by atoms with E-state index in [-0.39, 0.29) is 11.3 Å². The Hall–Kier alpha value is -3.62. The molecule has 2 aromatic rings. The summed E-state index contributed by atoms with van der Waals surface area (Å²) < 4.78 is 4.63. The van der Waals surface area contributed by atoms with Gasteiger partial charge in [-0.15, -0.1) is 0 Å². The van der Waals surface area contributed by atoms with Crippen molar-refractivity contribution in [3.05, 3.63) is 58.1 Å². The normalized spacial score (nSPS) is 9.96. The molecular formula is C17H18N4O5. The Bertz CT molecular complexity index is 836. The van der Waals surface area contributed by atoms with Crippen molar-refractivity contribution in [2.24, 2.45) is 0 Å². The number of carbonyl (C=O) groups excluding carboxylic acids is 2. The van der Waals surface area contributed by atoms with Crippen molar-refractivity contribution in [1.29, 1.82) is 0 Å². The zero-order valence-electron chi connectivity index (χ0n) is 14.5. The molecule has 9 nitrogen and oxygen atoms in total. The van der Waals surface area contributed by atoms with E-state index in [1.54, 1.807) is 38.4 Å². The lowest BCUT2D eigenvalue weighted by Gasteiger charge is -2.16. The summed E-state index contributed by atoms with van der Waals surface area (Å²) in [5, 5.41) is 16.4. The number of nitrogens with zero attached hydrogens (tertiary/aromatic N) is 2. The number of hydrogen-bond acceptors (Lipinski definition) is 6. The van der Waals surface area contributed by atoms with Crippen LogP contribution in [-0.4, -0.2) is 38.1 Å². The number of methoxy groups -OCH3 is 1. The van der Waals surface area contributed by atoms with Crippen molar-refractivity contribution in [3.63, 3.8) is 0 Å². The molecule has 0 unspecified atom stereocenters. The average molecular weight is 358 g/mol. The van der Waals surface area contributed by atoms with Gasteiger partial charge < -0.3 is 15.4 Å². The van der Waals surface area contributed by atoms with Gasteiger partial charge in [0, 0.05) is 43.3 Å². The first-order valence-corrected chi connectivity index (χ1v) is 7.56. The van der Waals surface area contributed by atoms with E-state index < -0.39 is 16.9 Å². The van der Waals surface area contributed by atoms with Gasteiger partial charge in [-0.05, 0) is 30.3 Å². The van der Waals surface area contributed by atoms with Gasteiger partial charge in [-0.2, -0.15) is 0 Å². The zero-order valence-corrected chi connectivity index (χ0v) is 14.5. The summed E-state index contributed by atoms with van der Waals surface area (Å²) in [5.74, 6) is -0.493. The lowest BCUT2D eigenvalue weighted by molar-refractivity contribution is -0.384. The van der Waals surface area contributed by atoms with Crippen molar-refractivity contribution < 1.29 is 19.2 Å². The molecule has 0 saturated carbocycles. The SMILES string of the molecule is CNc1ccc([N+](=O)[O-])cc1C(=O)Nc1ccc(N(C)C(=O)OC)cc1. The maximum absolute atomic E-state index is 12.5. The number of non-ortho nitro benzene ring substituents is 1. The Morgan fingerprint density at radius 1 is 1.15 bits per heavy atom. The van der Waals surface area contributed by atoms with Crippen molar-refractivity contribution in [2.75, 3.05) is 36.7 Å². The topological polar surface area (TPSA) is 114 Å². The molecule has 0 spiro atoms. The number of hydrogen-bond donors (Lipinski definition) is 2. The molecule has 136 valence electrons. The molecule has 2 rings (SSSR count). The minimum absolute atomic E-state index is 0.150. The molecule has 0 aliphatic rings. The third-order valence-electron chi connectivity index (χ3n) is 3.69. The number of benzene rings is 2. The molecule has 0 heterocycles. The number of rotatable bonds is 5. The summed E-state index contributed by atoms with van der Waals surface area (Å²) in [5.41, 5.74) is 1.50. The van der Waals surface area contributed by atoms with Gasteiger partial charge in [0.25, 0.3) is 11.6 Å². The Kier molecular flexibility index (Phi) is 5.74. The molecule has 0 radical (unpaired) electrons. The quantitative estimate of drug-likeness (QED) is 0.627. The number of amides is 2. The Morgan fingerprint density at radius 2 is 1.81 bits per heavy atom. The number of nitro benzene ring substituents is 1. The van der Waals surface area contributed by atoms with E-state index in [1.165, 1.54) is 30.2 Å². The molecule has 2 aromatic carbocycles. The highest BCUT2D eigenvalue weighted by Crippen LogP contribution is 2.24. The number of carbonyl (C=O) groups is 2. The fourth-order valence-electron chi connectivity index (χ4n) is 2.26. The number of ether oxygens (including phenoxy) is 1. The summed E-state index contributed by atoms with van der Waals surface area (Å²) in [6.45, 7) is 0. The predicted octanol–water partition coefficient (Wildman–Crippen LogP) is 3.09. The van der Waals surface area contributed by atoms with Crippen molar-refractivity contribution in [1.82, 2.24) is 0 Å². The van der Waals surface area contributed by atoms with E-state index >= 15 is 0 Å². The first kappa shape index (κ1) is 18.7. The first-order valence-electron chi connectivity index (χ1n) is 7.56. The van der Waals surface area contributed by atoms with E-state index in [0.29, 0.717) is 17.1 Å². The van der Waals surface area contributed by atoms with Crippen LogP contribution in [0.15, 0.2) is 42.5 Å². The van der Waals surface area contributed by atoms with Crippen LogP contribution in [0.3, 0.4) is 0 Å². The first-order chi connectivity index (χ1) is 12.4. The van der Waals surface area contributed by atoms with Crippen molar-refractivity contribution in [2.45, 2.75) is 0 Å². The average Bonchev–Trinajstić information content (AvgIpc) is 2.66. The molecule has 0 aromatic heterocycles. The molecule has 0 aliphatic heterocycles. The summed E-state index contributed by atoms with van der Waals surface area (Å²) in [7, 11) is 4.46. The second-order valence-corrected chi connectivity index (χ2v) is 5.27. The van der Waals surface area contributed by atoms with Crippen LogP contribution in [0.5, 0.6) is 0 Å². The molecule has 0 fully saturated rings. The van der Waals surface area contributed by atoms with Crippen LogP contribution in [0, 0.1) is 10.1 Å². The van der Waals surface area contributed by atoms with Crippen LogP contribution in [0.1, 0.15) is 10.4 Å². The summed E-state index contributed by atoms with van der Waals surface area (Å²) in [6.07, 6.45) is -0.517. The smallest absolute Gasteiger partial charge is 0.413 e. The van der Waals surface area contributed by atoms with Crippen LogP contribution in [0.4, 0.5) is 27.5 Å². The largest absolute Gasteiger partial charge is 0.452 e. The monoisotopic (exact) mass is 358 g/mol. The number of nitro groups is 1. The van der Waals surface area contributed by atoms with Gasteiger partial charge >= 0.3 is 6.09 Å². The van der Waals surface area contributed by atoms with Gasteiger partial charge in [-0.3, -0.25) is 19.8 Å². The fraction of sp³-hybridized carbons (Fsp3) is 0.176. The van der Waals surface area contributed by atoms with Gasteiger partial charge in [0.05, 0.1) is 17.6 Å². The van der Waals surface area contributed by atoms with E-state index in [1.807, 2.05) is 0 Å². The highest BCUT2D eigenvalue weighted by molar-refractivity contribution is 6.08. The third-order valence-corrected chi connectivity index (χ3v) is 3.69. The lowest BCUT2D eigenvalue weighted by atomic mass is 10.1. The minimum atomic E-state index is -0.562. The molecule has 9 heteroatoms. The number of nitrogens with one attached hydrogen (secondary N) is 2. The molecule has 2 amide bonds. The fourth-order valence-corrected chi connectivity index (χ4v) is 2.26. The maximum atomic E-state index is 12.5.